The minimum Gasteiger partial charge on any atom is -0.496 e. The lowest BCUT2D eigenvalue weighted by atomic mass is 9.86. The predicted molar refractivity (Wildman–Crippen MR) is 89.7 cm³/mol. The molecule has 3 heteroatoms. The van der Waals surface area contributed by atoms with Gasteiger partial charge in [0.25, 0.3) is 0 Å². The van der Waals surface area contributed by atoms with E-state index >= 15 is 0 Å². The number of rotatable bonds is 7. The van der Waals surface area contributed by atoms with Crippen LogP contribution in [0.25, 0.3) is 0 Å². The minimum absolute atomic E-state index is 0.423. The Morgan fingerprint density at radius 1 is 1.10 bits per heavy atom. The van der Waals surface area contributed by atoms with Crippen molar-refractivity contribution in [3.05, 3.63) is 23.8 Å². The van der Waals surface area contributed by atoms with Gasteiger partial charge in [-0.1, -0.05) is 33.8 Å². The monoisotopic (exact) mass is 296 g/mol. The highest BCUT2D eigenvalue weighted by molar-refractivity contribution is 7.37. The van der Waals surface area contributed by atoms with Crippen LogP contribution in [0.3, 0.4) is 0 Å². The van der Waals surface area contributed by atoms with Crippen molar-refractivity contribution in [2.45, 2.75) is 40.3 Å². The molecule has 0 saturated heterocycles. The van der Waals surface area contributed by atoms with E-state index in [-0.39, 0.29) is 0 Å². The van der Waals surface area contributed by atoms with Gasteiger partial charge in [0.2, 0.25) is 0 Å². The third-order valence-electron chi connectivity index (χ3n) is 3.29. The van der Waals surface area contributed by atoms with Crippen molar-refractivity contribution in [2.24, 2.45) is 11.3 Å². The Balaban J connectivity index is 2.57. The van der Waals surface area contributed by atoms with E-state index in [0.717, 1.165) is 32.2 Å². The maximum absolute atomic E-state index is 5.45. The Labute approximate surface area is 126 Å². The van der Waals surface area contributed by atoms with Crippen molar-refractivity contribution in [2.75, 3.05) is 20.4 Å². The molecule has 2 nitrogen and oxygen atoms in total. The van der Waals surface area contributed by atoms with Crippen molar-refractivity contribution < 1.29 is 9.47 Å². The van der Waals surface area contributed by atoms with E-state index < -0.39 is 0 Å². The second-order valence-electron chi connectivity index (χ2n) is 6.64. The van der Waals surface area contributed by atoms with Crippen molar-refractivity contribution in [1.82, 2.24) is 0 Å². The predicted octanol–water partition coefficient (Wildman–Crippen LogP) is 4.95. The maximum Gasteiger partial charge on any atom is 0.126 e. The number of ether oxygens (including phenoxy) is 2. The normalized spacial score (nSPS) is 13.7. The van der Waals surface area contributed by atoms with Crippen LogP contribution in [0.15, 0.2) is 18.2 Å². The number of hydrogen-bond donors (Lipinski definition) is 0. The average molecular weight is 296 g/mol. The standard InChI is InChI=1S/C17H29O2P/c1-13(10-17(2,3)4)11-20-12-14-15(18-5)8-7-9-16(14)19-6/h7-9,13,20H,10-12H2,1-6H3. The summed E-state index contributed by atoms with van der Waals surface area (Å²) in [5, 5.41) is 0. The first-order chi connectivity index (χ1) is 9.37. The van der Waals surface area contributed by atoms with Gasteiger partial charge in [0.1, 0.15) is 11.5 Å². The summed E-state index contributed by atoms with van der Waals surface area (Å²) in [7, 11) is 4.37. The van der Waals surface area contributed by atoms with Gasteiger partial charge in [-0.2, -0.15) is 0 Å². The molecule has 0 aliphatic rings. The van der Waals surface area contributed by atoms with Gasteiger partial charge in [-0.3, -0.25) is 0 Å². The third kappa shape index (κ3) is 5.71. The molecule has 0 aliphatic carbocycles. The Hall–Kier alpha value is -0.750. The van der Waals surface area contributed by atoms with Crippen LogP contribution < -0.4 is 9.47 Å². The molecule has 0 amide bonds. The molecule has 0 fully saturated rings. The zero-order valence-electron chi connectivity index (χ0n) is 13.7. The second-order valence-corrected chi connectivity index (χ2v) is 7.90. The second kappa shape index (κ2) is 7.88. The number of hydrogen-bond acceptors (Lipinski definition) is 2. The fourth-order valence-electron chi connectivity index (χ4n) is 2.66. The summed E-state index contributed by atoms with van der Waals surface area (Å²) in [4.78, 5) is 0. The van der Waals surface area contributed by atoms with Crippen LogP contribution in [-0.2, 0) is 6.16 Å². The van der Waals surface area contributed by atoms with Crippen molar-refractivity contribution in [3.63, 3.8) is 0 Å². The molecule has 1 rings (SSSR count). The average Bonchev–Trinajstić information content (AvgIpc) is 2.36. The van der Waals surface area contributed by atoms with Crippen molar-refractivity contribution in [1.29, 1.82) is 0 Å². The zero-order valence-corrected chi connectivity index (χ0v) is 14.7. The van der Waals surface area contributed by atoms with E-state index in [1.807, 2.05) is 18.2 Å². The first kappa shape index (κ1) is 17.3. The molecule has 2 atom stereocenters. The highest BCUT2D eigenvalue weighted by Crippen LogP contribution is 2.36. The molecule has 0 aromatic heterocycles. The molecule has 0 spiro atoms. The smallest absolute Gasteiger partial charge is 0.126 e. The van der Waals surface area contributed by atoms with E-state index in [1.54, 1.807) is 14.2 Å². The van der Waals surface area contributed by atoms with Crippen LogP contribution in [-0.4, -0.2) is 20.4 Å². The van der Waals surface area contributed by atoms with Crippen LogP contribution in [0, 0.1) is 11.3 Å². The van der Waals surface area contributed by atoms with Gasteiger partial charge in [0, 0.05) is 5.56 Å². The van der Waals surface area contributed by atoms with Gasteiger partial charge in [0.15, 0.2) is 0 Å². The van der Waals surface area contributed by atoms with E-state index in [9.17, 15) is 0 Å². The molecule has 114 valence electrons. The fraction of sp³-hybridized carbons (Fsp3) is 0.647. The molecule has 0 heterocycles. The molecule has 2 unspecified atom stereocenters. The highest BCUT2D eigenvalue weighted by atomic mass is 31.1. The maximum atomic E-state index is 5.45. The fourth-order valence-corrected chi connectivity index (χ4v) is 4.04. The Kier molecular flexibility index (Phi) is 6.82. The minimum atomic E-state index is 0.423. The van der Waals surface area contributed by atoms with Gasteiger partial charge in [-0.25, -0.2) is 0 Å². The van der Waals surface area contributed by atoms with Crippen LogP contribution in [0.1, 0.15) is 39.7 Å². The van der Waals surface area contributed by atoms with Crippen LogP contribution >= 0.6 is 8.58 Å². The van der Waals surface area contributed by atoms with Crippen molar-refractivity contribution >= 4 is 8.58 Å². The SMILES string of the molecule is COc1cccc(OC)c1CPCC(C)CC(C)(C)C. The van der Waals surface area contributed by atoms with E-state index in [0.29, 0.717) is 5.41 Å². The Bertz CT molecular complexity index is 388. The molecule has 0 N–H and O–H groups in total. The molecular weight excluding hydrogens is 267 g/mol. The quantitative estimate of drug-likeness (QED) is 0.662. The summed E-state index contributed by atoms with van der Waals surface area (Å²) in [6.07, 6.45) is 3.60. The lowest BCUT2D eigenvalue weighted by Gasteiger charge is -2.23. The molecular formula is C17H29O2P. The largest absolute Gasteiger partial charge is 0.496 e. The third-order valence-corrected chi connectivity index (χ3v) is 4.87. The lowest BCUT2D eigenvalue weighted by Crippen LogP contribution is -2.12. The first-order valence-corrected chi connectivity index (χ1v) is 8.69. The first-order valence-electron chi connectivity index (χ1n) is 7.28. The molecule has 0 aliphatic heterocycles. The van der Waals surface area contributed by atoms with E-state index in [2.05, 4.69) is 27.7 Å². The molecule has 0 saturated carbocycles. The molecule has 1 aromatic rings. The van der Waals surface area contributed by atoms with Gasteiger partial charge in [-0.15, -0.1) is 8.58 Å². The summed E-state index contributed by atoms with van der Waals surface area (Å²) >= 11 is 0. The van der Waals surface area contributed by atoms with Crippen LogP contribution in [0.5, 0.6) is 11.5 Å². The van der Waals surface area contributed by atoms with Crippen molar-refractivity contribution in [3.8, 4) is 11.5 Å². The van der Waals surface area contributed by atoms with Crippen LogP contribution in [0.2, 0.25) is 0 Å². The summed E-state index contributed by atoms with van der Waals surface area (Å²) in [5.74, 6) is 2.66. The number of methoxy groups -OCH3 is 2. The summed E-state index contributed by atoms with van der Waals surface area (Å²) in [6, 6.07) is 6.01. The zero-order chi connectivity index (χ0) is 15.2. The topological polar surface area (TPSA) is 18.5 Å². The highest BCUT2D eigenvalue weighted by Gasteiger charge is 2.16. The Morgan fingerprint density at radius 3 is 2.10 bits per heavy atom. The van der Waals surface area contributed by atoms with Gasteiger partial charge in [0.05, 0.1) is 14.2 Å². The summed E-state index contributed by atoms with van der Waals surface area (Å²) in [6.45, 7) is 9.30. The van der Waals surface area contributed by atoms with Gasteiger partial charge in [-0.05, 0) is 42.2 Å². The van der Waals surface area contributed by atoms with E-state index in [4.69, 9.17) is 9.47 Å². The summed E-state index contributed by atoms with van der Waals surface area (Å²) in [5.41, 5.74) is 1.63. The summed E-state index contributed by atoms with van der Waals surface area (Å²) < 4.78 is 10.9. The van der Waals surface area contributed by atoms with Gasteiger partial charge < -0.3 is 9.47 Å². The molecule has 0 bridgehead atoms. The molecule has 20 heavy (non-hydrogen) atoms. The lowest BCUT2D eigenvalue weighted by molar-refractivity contribution is 0.323. The Morgan fingerprint density at radius 2 is 1.65 bits per heavy atom. The van der Waals surface area contributed by atoms with Crippen LogP contribution in [0.4, 0.5) is 0 Å². The van der Waals surface area contributed by atoms with Gasteiger partial charge >= 0.3 is 0 Å². The van der Waals surface area contributed by atoms with E-state index in [1.165, 1.54) is 18.1 Å². The molecule has 1 aromatic carbocycles. The molecule has 0 radical (unpaired) electrons. The number of benzene rings is 1.